The largest absolute Gasteiger partial charge is 0.463 e. The molecule has 1 aromatic carbocycles. The Bertz CT molecular complexity index is 530. The molecule has 1 aromatic rings. The molecule has 1 aliphatic rings. The summed E-state index contributed by atoms with van der Waals surface area (Å²) in [6.45, 7) is 0. The second-order valence-corrected chi connectivity index (χ2v) is 12.2. The van der Waals surface area contributed by atoms with Crippen molar-refractivity contribution in [3.8, 4) is 5.75 Å². The average molecular weight is 514 g/mol. The number of halogens is 4. The Hall–Kier alpha value is 0.890. The summed E-state index contributed by atoms with van der Waals surface area (Å²) in [5, 5.41) is 0. The molecule has 94 valence electrons. The van der Waals surface area contributed by atoms with Crippen LogP contribution in [0.5, 0.6) is 5.75 Å². The molecule has 2 rings (SSSR count). The van der Waals surface area contributed by atoms with Gasteiger partial charge in [-0.15, -0.1) is 0 Å². The Kier molecular flexibility index (Phi) is 3.76. The van der Waals surface area contributed by atoms with Crippen LogP contribution in [0.1, 0.15) is 0 Å². The molecule has 0 radical (unpaired) electrons. The average Bonchev–Trinajstić information content (AvgIpc) is 2.65. The minimum absolute atomic E-state index is 0.557. The van der Waals surface area contributed by atoms with Crippen molar-refractivity contribution in [2.75, 3.05) is 0 Å². The van der Waals surface area contributed by atoms with Gasteiger partial charge in [0.25, 0.3) is 0 Å². The van der Waals surface area contributed by atoms with Crippen molar-refractivity contribution >= 4 is 73.6 Å². The van der Waals surface area contributed by atoms with Crippen LogP contribution in [0, 0.1) is 0 Å². The van der Waals surface area contributed by atoms with Crippen LogP contribution in [-0.2, 0) is 9.84 Å². The summed E-state index contributed by atoms with van der Waals surface area (Å²) in [4.78, 5) is 0. The molecule has 1 aliphatic heterocycles. The van der Waals surface area contributed by atoms with E-state index >= 15 is 0 Å². The summed E-state index contributed by atoms with van der Waals surface area (Å²) in [5.74, 6) is 0.557. The number of hydrogen-bond acceptors (Lipinski definition) is 3. The van der Waals surface area contributed by atoms with E-state index in [2.05, 4.69) is 63.7 Å². The minimum Gasteiger partial charge on any atom is -0.463 e. The van der Waals surface area contributed by atoms with E-state index in [4.69, 9.17) is 4.74 Å². The summed E-state index contributed by atoms with van der Waals surface area (Å²) >= 11 is 12.8. The monoisotopic (exact) mass is 510 g/mol. The third kappa shape index (κ3) is 2.13. The third-order valence-corrected chi connectivity index (χ3v) is 13.2. The fourth-order valence-corrected chi connectivity index (χ4v) is 9.23. The zero-order valence-corrected chi connectivity index (χ0v) is 15.3. The van der Waals surface area contributed by atoms with E-state index in [1.807, 2.05) is 6.07 Å². The maximum Gasteiger partial charge on any atom is 0.249 e. The molecule has 1 heterocycles. The highest BCUT2D eigenvalue weighted by atomic mass is 79.9. The van der Waals surface area contributed by atoms with Crippen LogP contribution in [-0.4, -0.2) is 19.7 Å². The summed E-state index contributed by atoms with van der Waals surface area (Å²) < 4.78 is 25.9. The van der Waals surface area contributed by atoms with E-state index in [0.29, 0.717) is 5.75 Å². The number of benzene rings is 1. The quantitative estimate of drug-likeness (QED) is 0.457. The lowest BCUT2D eigenvalue weighted by Crippen LogP contribution is -2.36. The minimum atomic E-state index is -3.30. The van der Waals surface area contributed by atoms with Crippen LogP contribution >= 0.6 is 63.7 Å². The van der Waals surface area contributed by atoms with E-state index in [0.717, 1.165) is 0 Å². The van der Waals surface area contributed by atoms with Gasteiger partial charge in [0.2, 0.25) is 7.08 Å². The second-order valence-electron chi connectivity index (χ2n) is 3.44. The van der Waals surface area contributed by atoms with Gasteiger partial charge in [0, 0.05) is 0 Å². The molecule has 0 aliphatic carbocycles. The van der Waals surface area contributed by atoms with Crippen molar-refractivity contribution in [3.63, 3.8) is 0 Å². The fraction of sp³-hybridized carbons (Fsp3) is 0.333. The Morgan fingerprint density at radius 1 is 1.24 bits per heavy atom. The van der Waals surface area contributed by atoms with Gasteiger partial charge in [-0.1, -0.05) is 50.1 Å². The molecule has 0 bridgehead atoms. The molecule has 17 heavy (non-hydrogen) atoms. The maximum absolute atomic E-state index is 11.7. The van der Waals surface area contributed by atoms with Crippen molar-refractivity contribution in [2.45, 2.75) is 11.2 Å². The third-order valence-electron chi connectivity index (χ3n) is 2.31. The molecule has 0 N–H and O–H groups in total. The molecule has 1 saturated heterocycles. The van der Waals surface area contributed by atoms with Gasteiger partial charge in [0.15, 0.2) is 14.0 Å². The van der Waals surface area contributed by atoms with Gasteiger partial charge >= 0.3 is 0 Å². The van der Waals surface area contributed by atoms with E-state index in [-0.39, 0.29) is 0 Å². The number of sulfone groups is 1. The van der Waals surface area contributed by atoms with Crippen molar-refractivity contribution in [2.24, 2.45) is 0 Å². The zero-order chi connectivity index (χ0) is 12.9. The molecule has 0 aromatic heterocycles. The number of ether oxygens (including phenoxy) is 1. The summed E-state index contributed by atoms with van der Waals surface area (Å²) in [6.07, 6.45) is 0. The van der Waals surface area contributed by atoms with E-state index in [1.165, 1.54) is 0 Å². The Labute approximate surface area is 133 Å². The van der Waals surface area contributed by atoms with Gasteiger partial charge in [-0.3, -0.25) is 0 Å². The van der Waals surface area contributed by atoms with Crippen molar-refractivity contribution in [1.29, 1.82) is 0 Å². The van der Waals surface area contributed by atoms with E-state index in [9.17, 15) is 8.42 Å². The molecular formula is C9H6Br4O3S. The molecule has 2 atom stereocenters. The Morgan fingerprint density at radius 2 is 1.71 bits per heavy atom. The molecule has 0 spiro atoms. The maximum atomic E-state index is 11.7. The van der Waals surface area contributed by atoms with Crippen LogP contribution in [0.15, 0.2) is 30.3 Å². The highest BCUT2D eigenvalue weighted by Gasteiger charge is 2.80. The molecular weight excluding hydrogens is 508 g/mol. The van der Waals surface area contributed by atoms with Crippen molar-refractivity contribution < 1.29 is 13.2 Å². The van der Waals surface area contributed by atoms with Crippen molar-refractivity contribution in [3.05, 3.63) is 30.3 Å². The van der Waals surface area contributed by atoms with Crippen molar-refractivity contribution in [1.82, 2.24) is 0 Å². The van der Waals surface area contributed by atoms with E-state index in [1.54, 1.807) is 24.3 Å². The van der Waals surface area contributed by atoms with Gasteiger partial charge in [-0.2, -0.15) is 0 Å². The van der Waals surface area contributed by atoms with Gasteiger partial charge < -0.3 is 4.74 Å². The molecule has 3 nitrogen and oxygen atoms in total. The Balaban J connectivity index is 2.28. The predicted molar refractivity (Wildman–Crippen MR) is 80.9 cm³/mol. The lowest BCUT2D eigenvalue weighted by molar-refractivity contribution is 0.270. The van der Waals surface area contributed by atoms with Crippen LogP contribution in [0.25, 0.3) is 0 Å². The van der Waals surface area contributed by atoms with Crippen LogP contribution in [0.3, 0.4) is 0 Å². The lowest BCUT2D eigenvalue weighted by atomic mass is 10.3. The summed E-state index contributed by atoms with van der Waals surface area (Å²) in [5.41, 5.74) is 0. The number of para-hydroxylation sites is 1. The molecule has 0 amide bonds. The predicted octanol–water partition coefficient (Wildman–Crippen LogP) is 3.75. The summed E-state index contributed by atoms with van der Waals surface area (Å²) in [6, 6.07) is 8.94. The summed E-state index contributed by atoms with van der Waals surface area (Å²) in [7, 11) is -3.30. The normalized spacial score (nSPS) is 30.9. The van der Waals surface area contributed by atoms with Crippen LogP contribution < -0.4 is 4.74 Å². The Morgan fingerprint density at radius 3 is 2.12 bits per heavy atom. The molecule has 1 fully saturated rings. The topological polar surface area (TPSA) is 43.4 Å². The van der Waals surface area contributed by atoms with Gasteiger partial charge in [0.1, 0.15) is 5.75 Å². The standard InChI is InChI=1S/C9H6Br4O3S/c10-7-8(11,17(7,14)15)9(12,13)16-6-4-2-1-3-5-6/h1-5,7H. The van der Waals surface area contributed by atoms with Gasteiger partial charge in [-0.05, 0) is 44.0 Å². The molecule has 8 heteroatoms. The second kappa shape index (κ2) is 4.47. The first-order valence-corrected chi connectivity index (χ1v) is 9.26. The fourth-order valence-electron chi connectivity index (χ4n) is 1.28. The van der Waals surface area contributed by atoms with E-state index < -0.39 is 21.1 Å². The first-order valence-electron chi connectivity index (χ1n) is 4.42. The molecule has 0 saturated carbocycles. The first kappa shape index (κ1) is 14.3. The van der Waals surface area contributed by atoms with Crippen LogP contribution in [0.2, 0.25) is 0 Å². The van der Waals surface area contributed by atoms with Gasteiger partial charge in [-0.25, -0.2) is 8.42 Å². The zero-order valence-electron chi connectivity index (χ0n) is 8.11. The highest BCUT2D eigenvalue weighted by Crippen LogP contribution is 2.65. The SMILES string of the molecule is O=S1(=O)C(Br)C1(Br)C(Br)(Br)Oc1ccccc1. The van der Waals surface area contributed by atoms with Crippen LogP contribution in [0.4, 0.5) is 0 Å². The first-order chi connectivity index (χ1) is 7.73. The molecule has 2 unspecified atom stereocenters. The number of alkyl halides is 4. The number of hydrogen-bond donors (Lipinski definition) is 0. The highest BCUT2D eigenvalue weighted by molar-refractivity contribution is 9.27. The smallest absolute Gasteiger partial charge is 0.249 e. The number of rotatable bonds is 3. The lowest BCUT2D eigenvalue weighted by Gasteiger charge is -2.25. The van der Waals surface area contributed by atoms with Gasteiger partial charge in [0.05, 0.1) is 0 Å².